The molecule has 6 nitrogen and oxygen atoms in total. The lowest BCUT2D eigenvalue weighted by Crippen LogP contribution is -2.43. The molecule has 1 aliphatic heterocycles. The number of aromatic carboxylic acids is 1. The van der Waals surface area contributed by atoms with Gasteiger partial charge in [-0.25, -0.2) is 9.78 Å². The zero-order valence-corrected chi connectivity index (χ0v) is 14.1. The Hall–Kier alpha value is -1.33. The second kappa shape index (κ2) is 8.17. The van der Waals surface area contributed by atoms with Gasteiger partial charge in [-0.05, 0) is 6.42 Å². The number of thiazole rings is 1. The van der Waals surface area contributed by atoms with Gasteiger partial charge in [0.05, 0.1) is 6.54 Å². The molecule has 0 saturated carbocycles. The van der Waals surface area contributed by atoms with Gasteiger partial charge in [-0.1, -0.05) is 11.8 Å². The fraction of sp³-hybridized carbons (Fsp3) is 0.615. The lowest BCUT2D eigenvalue weighted by molar-refractivity contribution is -0.129. The van der Waals surface area contributed by atoms with Crippen molar-refractivity contribution in [2.24, 2.45) is 0 Å². The van der Waals surface area contributed by atoms with Crippen molar-refractivity contribution in [2.75, 3.05) is 25.4 Å². The van der Waals surface area contributed by atoms with E-state index in [1.54, 1.807) is 4.90 Å². The van der Waals surface area contributed by atoms with Crippen LogP contribution in [0, 0.1) is 0 Å². The number of likely N-dealkylation sites (tertiary alicyclic amines) is 1. The molecule has 1 aromatic heterocycles. The van der Waals surface area contributed by atoms with Gasteiger partial charge in [0.15, 0.2) is 10.0 Å². The Morgan fingerprint density at radius 1 is 1.54 bits per heavy atom. The monoisotopic (exact) mass is 383 g/mol. The van der Waals surface area contributed by atoms with E-state index in [9.17, 15) is 22.8 Å². The van der Waals surface area contributed by atoms with Gasteiger partial charge < -0.3 is 15.3 Å². The summed E-state index contributed by atoms with van der Waals surface area (Å²) in [4.78, 5) is 28.1. The summed E-state index contributed by atoms with van der Waals surface area (Å²) in [5.41, 5.74) is -0.0195. The molecule has 0 radical (unpaired) electrons. The molecule has 1 saturated heterocycles. The van der Waals surface area contributed by atoms with Gasteiger partial charge in [-0.2, -0.15) is 13.2 Å². The average Bonchev–Trinajstić information content (AvgIpc) is 3.07. The number of alkyl halides is 3. The Bertz CT molecular complexity index is 595. The number of carboxylic acids is 1. The van der Waals surface area contributed by atoms with Gasteiger partial charge in [0, 0.05) is 36.7 Å². The van der Waals surface area contributed by atoms with Gasteiger partial charge in [-0.3, -0.25) is 4.79 Å². The maximum atomic E-state index is 12.2. The molecule has 0 bridgehead atoms. The maximum absolute atomic E-state index is 12.2. The van der Waals surface area contributed by atoms with E-state index < -0.39 is 18.7 Å². The van der Waals surface area contributed by atoms with Crippen LogP contribution in [-0.2, 0) is 4.79 Å². The molecular weight excluding hydrogens is 367 g/mol. The van der Waals surface area contributed by atoms with Crippen LogP contribution in [0.1, 0.15) is 23.3 Å². The molecule has 1 atom stereocenters. The summed E-state index contributed by atoms with van der Waals surface area (Å²) in [6.07, 6.45) is -3.39. The van der Waals surface area contributed by atoms with E-state index in [2.05, 4.69) is 10.3 Å². The molecular formula is C13H16F3N3O3S2. The number of hydrogen-bond acceptors (Lipinski definition) is 6. The molecule has 1 aliphatic rings. The molecule has 1 amide bonds. The quantitative estimate of drug-likeness (QED) is 0.669. The van der Waals surface area contributed by atoms with Crippen LogP contribution < -0.4 is 5.32 Å². The molecule has 1 fully saturated rings. The minimum Gasteiger partial charge on any atom is -0.476 e. The normalized spacial score (nSPS) is 18.4. The van der Waals surface area contributed by atoms with Crippen molar-refractivity contribution in [3.8, 4) is 0 Å². The van der Waals surface area contributed by atoms with E-state index in [4.69, 9.17) is 5.11 Å². The van der Waals surface area contributed by atoms with Crippen molar-refractivity contribution >= 4 is 35.0 Å². The van der Waals surface area contributed by atoms with Crippen molar-refractivity contribution < 1.29 is 27.9 Å². The minimum absolute atomic E-state index is 0.0195. The van der Waals surface area contributed by atoms with Gasteiger partial charge in [0.1, 0.15) is 0 Å². The molecule has 0 aromatic carbocycles. The summed E-state index contributed by atoms with van der Waals surface area (Å²) in [5.74, 6) is -0.656. The fourth-order valence-electron chi connectivity index (χ4n) is 2.35. The second-order valence-corrected chi connectivity index (χ2v) is 7.38. The maximum Gasteiger partial charge on any atom is 0.401 e. The summed E-state index contributed by atoms with van der Waals surface area (Å²) in [7, 11) is 0. The van der Waals surface area contributed by atoms with E-state index in [0.717, 1.165) is 0 Å². The second-order valence-electron chi connectivity index (χ2n) is 5.18. The van der Waals surface area contributed by atoms with Gasteiger partial charge in [-0.15, -0.1) is 11.3 Å². The van der Waals surface area contributed by atoms with Crippen molar-refractivity contribution in [3.05, 3.63) is 11.1 Å². The number of halogens is 3. The first-order valence-electron chi connectivity index (χ1n) is 7.15. The molecule has 134 valence electrons. The smallest absolute Gasteiger partial charge is 0.401 e. The van der Waals surface area contributed by atoms with Crippen LogP contribution in [0.5, 0.6) is 0 Å². The lowest BCUT2D eigenvalue weighted by atomic mass is 10.2. The molecule has 2 heterocycles. The summed E-state index contributed by atoms with van der Waals surface area (Å²) in [6, 6.07) is -0.244. The lowest BCUT2D eigenvalue weighted by Gasteiger charge is -2.25. The summed E-state index contributed by atoms with van der Waals surface area (Å²) >= 11 is 2.54. The fourth-order valence-corrected chi connectivity index (χ4v) is 4.16. The van der Waals surface area contributed by atoms with Crippen LogP contribution in [0.25, 0.3) is 0 Å². The standard InChI is InChI=1S/C13H16F3N3O3S2/c14-13(15,16)7-17-5-8-1-2-10(20)19(8)3-4-23-12-18-9(6-24-12)11(21)22/h6,8,17H,1-5,7H2,(H,21,22)/t8-/m1/s1. The number of rotatable bonds is 8. The third kappa shape index (κ3) is 5.64. The van der Waals surface area contributed by atoms with E-state index in [1.807, 2.05) is 0 Å². The SMILES string of the molecule is O=C(O)c1csc(SCCN2C(=O)CC[C@@H]2CNCC(F)(F)F)n1. The van der Waals surface area contributed by atoms with Gasteiger partial charge in [0.2, 0.25) is 5.91 Å². The van der Waals surface area contributed by atoms with E-state index in [-0.39, 0.29) is 24.2 Å². The molecule has 24 heavy (non-hydrogen) atoms. The number of hydrogen-bond donors (Lipinski definition) is 2. The number of carbonyl (C=O) groups excluding carboxylic acids is 1. The number of carboxylic acid groups (broad SMARTS) is 1. The van der Waals surface area contributed by atoms with E-state index >= 15 is 0 Å². The summed E-state index contributed by atoms with van der Waals surface area (Å²) in [5, 5.41) is 12.6. The highest BCUT2D eigenvalue weighted by Gasteiger charge is 2.32. The Morgan fingerprint density at radius 2 is 2.29 bits per heavy atom. The average molecular weight is 383 g/mol. The molecule has 0 unspecified atom stereocenters. The number of aromatic nitrogens is 1. The van der Waals surface area contributed by atoms with Crippen molar-refractivity contribution in [1.29, 1.82) is 0 Å². The zero-order chi connectivity index (χ0) is 17.7. The first kappa shape index (κ1) is 19.0. The zero-order valence-electron chi connectivity index (χ0n) is 12.5. The van der Waals surface area contributed by atoms with Crippen LogP contribution in [0.3, 0.4) is 0 Å². The number of nitrogens with one attached hydrogen (secondary N) is 1. The van der Waals surface area contributed by atoms with Crippen LogP contribution in [0.15, 0.2) is 9.72 Å². The highest BCUT2D eigenvalue weighted by atomic mass is 32.2. The van der Waals surface area contributed by atoms with Crippen LogP contribution in [0.2, 0.25) is 0 Å². The van der Waals surface area contributed by atoms with Crippen molar-refractivity contribution in [1.82, 2.24) is 15.2 Å². The summed E-state index contributed by atoms with van der Waals surface area (Å²) in [6.45, 7) is -0.572. The molecule has 0 aliphatic carbocycles. The number of nitrogens with zero attached hydrogens (tertiary/aromatic N) is 2. The van der Waals surface area contributed by atoms with E-state index in [1.165, 1.54) is 28.5 Å². The first-order valence-corrected chi connectivity index (χ1v) is 9.01. The van der Waals surface area contributed by atoms with E-state index in [0.29, 0.717) is 29.5 Å². The molecule has 2 N–H and O–H groups in total. The predicted molar refractivity (Wildman–Crippen MR) is 83.5 cm³/mol. The topological polar surface area (TPSA) is 82.5 Å². The Kier molecular flexibility index (Phi) is 6.47. The highest BCUT2D eigenvalue weighted by molar-refractivity contribution is 8.01. The summed E-state index contributed by atoms with van der Waals surface area (Å²) < 4.78 is 37.1. The van der Waals surface area contributed by atoms with Crippen LogP contribution in [-0.4, -0.2) is 64.5 Å². The number of thioether (sulfide) groups is 1. The molecule has 2 rings (SSSR count). The Labute approximate surface area is 144 Å². The predicted octanol–water partition coefficient (Wildman–Crippen LogP) is 2.08. The Morgan fingerprint density at radius 3 is 2.92 bits per heavy atom. The Balaban J connectivity index is 1.78. The number of carbonyl (C=O) groups is 2. The van der Waals surface area contributed by atoms with Crippen LogP contribution >= 0.6 is 23.1 Å². The molecule has 0 spiro atoms. The number of amides is 1. The molecule has 1 aromatic rings. The van der Waals surface area contributed by atoms with Crippen LogP contribution in [0.4, 0.5) is 13.2 Å². The largest absolute Gasteiger partial charge is 0.476 e. The highest BCUT2D eigenvalue weighted by Crippen LogP contribution is 2.25. The third-order valence-corrected chi connectivity index (χ3v) is 5.42. The first-order chi connectivity index (χ1) is 11.3. The molecule has 11 heteroatoms. The van der Waals surface area contributed by atoms with Gasteiger partial charge >= 0.3 is 12.1 Å². The third-order valence-electron chi connectivity index (χ3n) is 3.42. The van der Waals surface area contributed by atoms with Crippen molar-refractivity contribution in [2.45, 2.75) is 29.4 Å². The van der Waals surface area contributed by atoms with Crippen molar-refractivity contribution in [3.63, 3.8) is 0 Å². The minimum atomic E-state index is -4.27. The van der Waals surface area contributed by atoms with Gasteiger partial charge in [0.25, 0.3) is 0 Å².